The summed E-state index contributed by atoms with van der Waals surface area (Å²) < 4.78 is 11.1. The van der Waals surface area contributed by atoms with E-state index in [0.717, 1.165) is 54.3 Å². The first-order chi connectivity index (χ1) is 14.4. The summed E-state index contributed by atoms with van der Waals surface area (Å²) in [6.07, 6.45) is 0.591. The van der Waals surface area contributed by atoms with Crippen molar-refractivity contribution in [3.63, 3.8) is 0 Å². The van der Waals surface area contributed by atoms with Crippen LogP contribution in [-0.4, -0.2) is 61.3 Å². The van der Waals surface area contributed by atoms with Gasteiger partial charge < -0.3 is 14.6 Å². The maximum absolute atomic E-state index is 12.8. The van der Waals surface area contributed by atoms with Gasteiger partial charge in [0.05, 0.1) is 13.2 Å². The van der Waals surface area contributed by atoms with Crippen molar-refractivity contribution < 1.29 is 19.4 Å². The molecule has 5 nitrogen and oxygen atoms in total. The molecule has 5 heteroatoms. The molecule has 1 saturated heterocycles. The summed E-state index contributed by atoms with van der Waals surface area (Å²) in [7, 11) is 0. The molecule has 1 fully saturated rings. The minimum atomic E-state index is -0.541. The Kier molecular flexibility index (Phi) is 8.02. The molecule has 3 rings (SSSR count). The van der Waals surface area contributed by atoms with Crippen LogP contribution < -0.4 is 4.74 Å². The number of carbonyl (C=O) groups excluding carboxylic acids is 1. The quantitative estimate of drug-likeness (QED) is 0.640. The van der Waals surface area contributed by atoms with Gasteiger partial charge >= 0.3 is 0 Å². The molecule has 1 N–H and O–H groups in total. The van der Waals surface area contributed by atoms with Gasteiger partial charge in [-0.15, -0.1) is 0 Å². The maximum Gasteiger partial charge on any atom is 0.163 e. The zero-order valence-electron chi connectivity index (χ0n) is 18.3. The number of rotatable bonds is 9. The molecule has 1 aliphatic rings. The van der Waals surface area contributed by atoms with Crippen LogP contribution in [0.1, 0.15) is 39.0 Å². The van der Waals surface area contributed by atoms with Crippen LogP contribution in [0.2, 0.25) is 0 Å². The zero-order valence-corrected chi connectivity index (χ0v) is 18.3. The zero-order chi connectivity index (χ0) is 21.5. The van der Waals surface area contributed by atoms with E-state index in [2.05, 4.69) is 24.0 Å². The van der Waals surface area contributed by atoms with Crippen LogP contribution in [0.3, 0.4) is 0 Å². The number of ketones is 1. The third kappa shape index (κ3) is 6.39. The van der Waals surface area contributed by atoms with Crippen molar-refractivity contribution in [2.45, 2.75) is 39.7 Å². The van der Waals surface area contributed by atoms with Gasteiger partial charge in [-0.3, -0.25) is 9.69 Å². The maximum atomic E-state index is 12.8. The van der Waals surface area contributed by atoms with Gasteiger partial charge in [-0.25, -0.2) is 0 Å². The van der Waals surface area contributed by atoms with E-state index in [0.29, 0.717) is 19.4 Å². The van der Waals surface area contributed by atoms with Gasteiger partial charge in [0.15, 0.2) is 5.78 Å². The van der Waals surface area contributed by atoms with Crippen molar-refractivity contribution in [2.75, 3.05) is 39.5 Å². The normalized spacial score (nSPS) is 15.7. The van der Waals surface area contributed by atoms with E-state index < -0.39 is 6.10 Å². The molecular formula is C25H33NO4. The van der Waals surface area contributed by atoms with E-state index in [1.807, 2.05) is 38.1 Å². The van der Waals surface area contributed by atoms with Crippen LogP contribution in [0.5, 0.6) is 5.75 Å². The molecule has 1 unspecified atom stereocenters. The summed E-state index contributed by atoms with van der Waals surface area (Å²) in [6.45, 7) is 10.0. The number of morpholine rings is 1. The molecule has 0 aliphatic carbocycles. The minimum absolute atomic E-state index is 0.178. The van der Waals surface area contributed by atoms with E-state index in [1.54, 1.807) is 0 Å². The lowest BCUT2D eigenvalue weighted by molar-refractivity contribution is 0.00465. The predicted octanol–water partition coefficient (Wildman–Crippen LogP) is 3.50. The fraction of sp³-hybridized carbons (Fsp3) is 0.480. The highest BCUT2D eigenvalue weighted by atomic mass is 16.5. The minimum Gasteiger partial charge on any atom is -0.491 e. The Morgan fingerprint density at radius 3 is 2.53 bits per heavy atom. The SMILES string of the molecule is Cc1cc(C)c(C(=O)CCc2cccc(OCC(O)CN3CCOCC3)c2)c(C)c1. The lowest BCUT2D eigenvalue weighted by atomic mass is 9.93. The summed E-state index contributed by atoms with van der Waals surface area (Å²) >= 11 is 0. The van der Waals surface area contributed by atoms with Crippen molar-refractivity contribution in [1.29, 1.82) is 0 Å². The average Bonchev–Trinajstić information content (AvgIpc) is 2.71. The summed E-state index contributed by atoms with van der Waals surface area (Å²) in [5, 5.41) is 10.3. The van der Waals surface area contributed by atoms with Gasteiger partial charge in [0, 0.05) is 31.6 Å². The highest BCUT2D eigenvalue weighted by Crippen LogP contribution is 2.20. The summed E-state index contributed by atoms with van der Waals surface area (Å²) in [6, 6.07) is 11.9. The fourth-order valence-corrected chi connectivity index (χ4v) is 4.12. The van der Waals surface area contributed by atoms with Crippen LogP contribution in [0.4, 0.5) is 0 Å². The smallest absolute Gasteiger partial charge is 0.163 e. The second-order valence-corrected chi connectivity index (χ2v) is 8.22. The Balaban J connectivity index is 1.51. The molecule has 0 aromatic heterocycles. The predicted molar refractivity (Wildman–Crippen MR) is 119 cm³/mol. The number of carbonyl (C=O) groups is 1. The first kappa shape index (κ1) is 22.5. The molecule has 2 aromatic rings. The summed E-state index contributed by atoms with van der Waals surface area (Å²) in [5.41, 5.74) is 5.18. The number of aliphatic hydroxyl groups excluding tert-OH is 1. The van der Waals surface area contributed by atoms with Gasteiger partial charge in [-0.1, -0.05) is 29.8 Å². The second-order valence-electron chi connectivity index (χ2n) is 8.22. The third-order valence-corrected chi connectivity index (χ3v) is 5.51. The van der Waals surface area contributed by atoms with Crippen LogP contribution in [0.25, 0.3) is 0 Å². The van der Waals surface area contributed by atoms with Crippen LogP contribution in [0.15, 0.2) is 36.4 Å². The van der Waals surface area contributed by atoms with Crippen molar-refractivity contribution in [1.82, 2.24) is 4.90 Å². The molecule has 30 heavy (non-hydrogen) atoms. The van der Waals surface area contributed by atoms with E-state index in [-0.39, 0.29) is 12.4 Å². The van der Waals surface area contributed by atoms with Crippen molar-refractivity contribution in [3.05, 3.63) is 64.2 Å². The first-order valence-corrected chi connectivity index (χ1v) is 10.7. The summed E-state index contributed by atoms with van der Waals surface area (Å²) in [5.74, 6) is 0.904. The lowest BCUT2D eigenvalue weighted by Crippen LogP contribution is -2.42. The molecule has 0 bridgehead atoms. The molecule has 1 aliphatic heterocycles. The Hall–Kier alpha value is -2.21. The lowest BCUT2D eigenvalue weighted by Gasteiger charge is -2.28. The van der Waals surface area contributed by atoms with E-state index in [9.17, 15) is 9.90 Å². The van der Waals surface area contributed by atoms with Gasteiger partial charge in [0.2, 0.25) is 0 Å². The van der Waals surface area contributed by atoms with E-state index in [4.69, 9.17) is 9.47 Å². The van der Waals surface area contributed by atoms with Crippen molar-refractivity contribution in [2.24, 2.45) is 0 Å². The third-order valence-electron chi connectivity index (χ3n) is 5.51. The summed E-state index contributed by atoms with van der Waals surface area (Å²) in [4.78, 5) is 15.0. The standard InChI is InChI=1S/C25H33NO4/c1-18-13-19(2)25(20(3)14-18)24(28)8-7-21-5-4-6-23(15-21)30-17-22(27)16-26-9-11-29-12-10-26/h4-6,13-15,22,27H,7-12,16-17H2,1-3H3. The van der Waals surface area contributed by atoms with Crippen LogP contribution in [-0.2, 0) is 11.2 Å². The largest absolute Gasteiger partial charge is 0.491 e. The van der Waals surface area contributed by atoms with E-state index >= 15 is 0 Å². The van der Waals surface area contributed by atoms with Gasteiger partial charge in [0.25, 0.3) is 0 Å². The van der Waals surface area contributed by atoms with Gasteiger partial charge in [-0.2, -0.15) is 0 Å². The van der Waals surface area contributed by atoms with Crippen molar-refractivity contribution in [3.8, 4) is 5.75 Å². The molecule has 2 aromatic carbocycles. The topological polar surface area (TPSA) is 59.0 Å². The fourth-order valence-electron chi connectivity index (χ4n) is 4.12. The Morgan fingerprint density at radius 2 is 1.83 bits per heavy atom. The first-order valence-electron chi connectivity index (χ1n) is 10.7. The van der Waals surface area contributed by atoms with Crippen LogP contribution in [0, 0.1) is 20.8 Å². The Bertz CT molecular complexity index is 835. The number of aryl methyl sites for hydroxylation is 4. The number of ether oxygens (including phenoxy) is 2. The number of hydrogen-bond acceptors (Lipinski definition) is 5. The second kappa shape index (κ2) is 10.7. The number of β-amino-alcohol motifs (C(OH)–C–C–N with tert-alkyl or cyclic N) is 1. The molecule has 1 atom stereocenters. The number of aliphatic hydroxyl groups is 1. The highest BCUT2D eigenvalue weighted by molar-refractivity contribution is 5.99. The molecule has 0 saturated carbocycles. The van der Waals surface area contributed by atoms with Crippen molar-refractivity contribution >= 4 is 5.78 Å². The van der Waals surface area contributed by atoms with E-state index in [1.165, 1.54) is 5.56 Å². The number of benzene rings is 2. The average molecular weight is 412 g/mol. The van der Waals surface area contributed by atoms with Gasteiger partial charge in [0.1, 0.15) is 18.5 Å². The highest BCUT2D eigenvalue weighted by Gasteiger charge is 2.16. The monoisotopic (exact) mass is 411 g/mol. The molecule has 0 spiro atoms. The molecule has 162 valence electrons. The number of Topliss-reactive ketones (excluding diaryl/α,β-unsaturated/α-hetero) is 1. The molecule has 1 heterocycles. The Labute approximate surface area is 179 Å². The number of hydrogen-bond donors (Lipinski definition) is 1. The molecular weight excluding hydrogens is 378 g/mol. The number of nitrogens with zero attached hydrogens (tertiary/aromatic N) is 1. The van der Waals surface area contributed by atoms with Gasteiger partial charge in [-0.05, 0) is 56.0 Å². The Morgan fingerprint density at radius 1 is 1.13 bits per heavy atom. The molecule has 0 radical (unpaired) electrons. The molecule has 0 amide bonds. The van der Waals surface area contributed by atoms with Crippen LogP contribution >= 0.6 is 0 Å².